The van der Waals surface area contributed by atoms with Crippen molar-refractivity contribution in [2.24, 2.45) is 5.92 Å². The van der Waals surface area contributed by atoms with Crippen LogP contribution in [0.25, 0.3) is 0 Å². The van der Waals surface area contributed by atoms with Gasteiger partial charge in [-0.3, -0.25) is 0 Å². The number of β-amino-alcohol motifs (C(OH)–C–C–N with tert-alkyl or cyclic N) is 1. The van der Waals surface area contributed by atoms with Crippen LogP contribution >= 0.6 is 0 Å². The number of carbonyl (C=O) groups excluding carboxylic acids is 1. The number of likely N-dealkylation sites (tertiary alicyclic amines) is 1. The molecule has 114 valence electrons. The van der Waals surface area contributed by atoms with Crippen molar-refractivity contribution >= 4 is 6.03 Å². The second-order valence-corrected chi connectivity index (χ2v) is 6.16. The predicted molar refractivity (Wildman–Crippen MR) is 77.4 cm³/mol. The largest absolute Gasteiger partial charge is 0.391 e. The Kier molecular flexibility index (Phi) is 3.85. The van der Waals surface area contributed by atoms with Crippen molar-refractivity contribution < 1.29 is 14.3 Å². The van der Waals surface area contributed by atoms with Gasteiger partial charge in [0.1, 0.15) is 5.82 Å². The number of urea groups is 1. The second kappa shape index (κ2) is 5.64. The van der Waals surface area contributed by atoms with Gasteiger partial charge in [0, 0.05) is 13.1 Å². The summed E-state index contributed by atoms with van der Waals surface area (Å²) in [5.74, 6) is -0.0347. The lowest BCUT2D eigenvalue weighted by atomic mass is 9.96. The molecule has 5 heteroatoms. The minimum absolute atomic E-state index is 0.125. The molecule has 21 heavy (non-hydrogen) atoms. The van der Waals surface area contributed by atoms with Gasteiger partial charge in [-0.2, -0.15) is 0 Å². The molecule has 0 spiro atoms. The average Bonchev–Trinajstić information content (AvgIpc) is 2.84. The molecule has 1 fully saturated rings. The summed E-state index contributed by atoms with van der Waals surface area (Å²) in [6, 6.07) is 4.48. The average molecular weight is 292 g/mol. The standard InChI is InChI=1S/C16H21FN2O2/c1-10-6-7-19(9-15(10)20)16(21)18-14-5-3-11-2-4-12(17)8-13(11)14/h2,4,8,10,14-15,20H,3,5-7,9H2,1H3,(H,18,21). The molecule has 1 aromatic rings. The van der Waals surface area contributed by atoms with Crippen LogP contribution in [-0.2, 0) is 6.42 Å². The molecule has 3 rings (SSSR count). The number of halogens is 1. The lowest BCUT2D eigenvalue weighted by molar-refractivity contribution is 0.0430. The highest BCUT2D eigenvalue weighted by molar-refractivity contribution is 5.75. The zero-order valence-corrected chi connectivity index (χ0v) is 12.2. The van der Waals surface area contributed by atoms with Crippen LogP contribution in [0, 0.1) is 11.7 Å². The molecule has 3 unspecified atom stereocenters. The Morgan fingerprint density at radius 1 is 1.43 bits per heavy atom. The molecule has 0 aromatic heterocycles. The molecule has 0 radical (unpaired) electrons. The van der Waals surface area contributed by atoms with Crippen LogP contribution < -0.4 is 5.32 Å². The number of aliphatic hydroxyl groups is 1. The van der Waals surface area contributed by atoms with E-state index in [4.69, 9.17) is 0 Å². The molecule has 1 aliphatic heterocycles. The van der Waals surface area contributed by atoms with E-state index in [0.717, 1.165) is 30.4 Å². The number of rotatable bonds is 1. The third-order valence-corrected chi connectivity index (χ3v) is 4.69. The van der Waals surface area contributed by atoms with Gasteiger partial charge in [0.2, 0.25) is 0 Å². The number of hydrogen-bond acceptors (Lipinski definition) is 2. The van der Waals surface area contributed by atoms with Gasteiger partial charge >= 0.3 is 6.03 Å². The van der Waals surface area contributed by atoms with E-state index in [1.165, 1.54) is 12.1 Å². The Morgan fingerprint density at radius 3 is 3.00 bits per heavy atom. The fraction of sp³-hybridized carbons (Fsp3) is 0.562. The Labute approximate surface area is 124 Å². The fourth-order valence-corrected chi connectivity index (χ4v) is 3.20. The van der Waals surface area contributed by atoms with Gasteiger partial charge in [-0.1, -0.05) is 13.0 Å². The SMILES string of the molecule is CC1CCN(C(=O)NC2CCc3ccc(F)cc32)CC1O. The number of amides is 2. The Morgan fingerprint density at radius 2 is 2.24 bits per heavy atom. The molecular formula is C16H21FN2O2. The highest BCUT2D eigenvalue weighted by atomic mass is 19.1. The normalized spacial score (nSPS) is 28.3. The molecule has 0 bridgehead atoms. The number of nitrogens with zero attached hydrogens (tertiary/aromatic N) is 1. The van der Waals surface area contributed by atoms with Gasteiger partial charge in [0.05, 0.1) is 12.1 Å². The first-order chi connectivity index (χ1) is 10.0. The summed E-state index contributed by atoms with van der Waals surface area (Å²) >= 11 is 0. The van der Waals surface area contributed by atoms with Gasteiger partial charge in [-0.05, 0) is 48.4 Å². The first-order valence-corrected chi connectivity index (χ1v) is 7.56. The molecule has 2 amide bonds. The van der Waals surface area contributed by atoms with Crippen LogP contribution in [-0.4, -0.2) is 35.2 Å². The summed E-state index contributed by atoms with van der Waals surface area (Å²) in [5, 5.41) is 12.9. The van der Waals surface area contributed by atoms with Crippen LogP contribution in [0.15, 0.2) is 18.2 Å². The molecule has 0 saturated carbocycles. The van der Waals surface area contributed by atoms with Crippen molar-refractivity contribution in [1.82, 2.24) is 10.2 Å². The number of carbonyl (C=O) groups is 1. The lowest BCUT2D eigenvalue weighted by Gasteiger charge is -2.35. The number of aryl methyl sites for hydroxylation is 1. The van der Waals surface area contributed by atoms with Crippen molar-refractivity contribution in [3.05, 3.63) is 35.1 Å². The van der Waals surface area contributed by atoms with Crippen LogP contribution in [0.1, 0.15) is 36.9 Å². The number of nitrogens with one attached hydrogen (secondary N) is 1. The number of fused-ring (bicyclic) bond motifs is 1. The highest BCUT2D eigenvalue weighted by Gasteiger charge is 2.30. The fourth-order valence-electron chi connectivity index (χ4n) is 3.20. The van der Waals surface area contributed by atoms with E-state index >= 15 is 0 Å². The topological polar surface area (TPSA) is 52.6 Å². The van der Waals surface area contributed by atoms with E-state index in [2.05, 4.69) is 5.32 Å². The second-order valence-electron chi connectivity index (χ2n) is 6.16. The van der Waals surface area contributed by atoms with Gasteiger partial charge in [0.25, 0.3) is 0 Å². The maximum Gasteiger partial charge on any atom is 0.317 e. The van der Waals surface area contributed by atoms with E-state index in [1.54, 1.807) is 11.0 Å². The monoisotopic (exact) mass is 292 g/mol. The highest BCUT2D eigenvalue weighted by Crippen LogP contribution is 2.31. The predicted octanol–water partition coefficient (Wildman–Crippen LogP) is 2.23. The molecule has 1 aromatic carbocycles. The van der Waals surface area contributed by atoms with Gasteiger partial charge in [0.15, 0.2) is 0 Å². The van der Waals surface area contributed by atoms with Crippen molar-refractivity contribution in [2.45, 2.75) is 38.3 Å². The Balaban J connectivity index is 1.66. The molecular weight excluding hydrogens is 271 g/mol. The maximum absolute atomic E-state index is 13.4. The van der Waals surface area contributed by atoms with Gasteiger partial charge < -0.3 is 15.3 Å². The minimum atomic E-state index is -0.460. The number of benzene rings is 1. The van der Waals surface area contributed by atoms with Crippen molar-refractivity contribution in [3.8, 4) is 0 Å². The van der Waals surface area contributed by atoms with Crippen molar-refractivity contribution in [3.63, 3.8) is 0 Å². The lowest BCUT2D eigenvalue weighted by Crippen LogP contribution is -2.50. The summed E-state index contributed by atoms with van der Waals surface area (Å²) in [6.45, 7) is 3.03. The zero-order valence-electron chi connectivity index (χ0n) is 12.2. The summed E-state index contributed by atoms with van der Waals surface area (Å²) in [7, 11) is 0. The quantitative estimate of drug-likeness (QED) is 0.834. The van der Waals surface area contributed by atoms with E-state index in [0.29, 0.717) is 13.1 Å². The number of piperidine rings is 1. The third-order valence-electron chi connectivity index (χ3n) is 4.69. The number of hydrogen-bond donors (Lipinski definition) is 2. The van der Waals surface area contributed by atoms with Gasteiger partial charge in [-0.15, -0.1) is 0 Å². The van der Waals surface area contributed by atoms with E-state index in [1.807, 2.05) is 6.92 Å². The van der Waals surface area contributed by atoms with E-state index in [-0.39, 0.29) is 23.8 Å². The molecule has 4 nitrogen and oxygen atoms in total. The molecule has 1 saturated heterocycles. The molecule has 3 atom stereocenters. The maximum atomic E-state index is 13.4. The summed E-state index contributed by atoms with van der Waals surface area (Å²) in [5.41, 5.74) is 1.99. The van der Waals surface area contributed by atoms with E-state index in [9.17, 15) is 14.3 Å². The van der Waals surface area contributed by atoms with Gasteiger partial charge in [-0.25, -0.2) is 9.18 Å². The van der Waals surface area contributed by atoms with Crippen LogP contribution in [0.4, 0.5) is 9.18 Å². The molecule has 1 aliphatic carbocycles. The Hall–Kier alpha value is -1.62. The van der Waals surface area contributed by atoms with Crippen molar-refractivity contribution in [1.29, 1.82) is 0 Å². The molecule has 2 N–H and O–H groups in total. The van der Waals surface area contributed by atoms with Crippen LogP contribution in [0.5, 0.6) is 0 Å². The molecule has 1 heterocycles. The Bertz CT molecular complexity index is 549. The summed E-state index contributed by atoms with van der Waals surface area (Å²) < 4.78 is 13.4. The third kappa shape index (κ3) is 2.88. The first-order valence-electron chi connectivity index (χ1n) is 7.56. The van der Waals surface area contributed by atoms with E-state index < -0.39 is 6.10 Å². The number of aliphatic hydroxyl groups excluding tert-OH is 1. The zero-order chi connectivity index (χ0) is 15.0. The molecule has 2 aliphatic rings. The summed E-state index contributed by atoms with van der Waals surface area (Å²) in [6.07, 6.45) is 2.01. The van der Waals surface area contributed by atoms with Crippen LogP contribution in [0.2, 0.25) is 0 Å². The van der Waals surface area contributed by atoms with Crippen LogP contribution in [0.3, 0.4) is 0 Å². The minimum Gasteiger partial charge on any atom is -0.391 e. The van der Waals surface area contributed by atoms with Crippen molar-refractivity contribution in [2.75, 3.05) is 13.1 Å². The first kappa shape index (κ1) is 14.3. The smallest absolute Gasteiger partial charge is 0.317 e. The summed E-state index contributed by atoms with van der Waals surface area (Å²) in [4.78, 5) is 14.0.